The van der Waals surface area contributed by atoms with Gasteiger partial charge in [-0.2, -0.15) is 0 Å². The van der Waals surface area contributed by atoms with E-state index in [2.05, 4.69) is 25.8 Å². The van der Waals surface area contributed by atoms with Crippen molar-refractivity contribution < 1.29 is 14.4 Å². The lowest BCUT2D eigenvalue weighted by atomic mass is 10.1. The van der Waals surface area contributed by atoms with Gasteiger partial charge in [-0.05, 0) is 25.0 Å². The summed E-state index contributed by atoms with van der Waals surface area (Å²) in [5.74, 6) is 1.11. The Labute approximate surface area is 175 Å². The van der Waals surface area contributed by atoms with Crippen LogP contribution in [0.1, 0.15) is 36.3 Å². The van der Waals surface area contributed by atoms with Crippen molar-refractivity contribution in [3.05, 3.63) is 65.6 Å². The second-order valence-corrected chi connectivity index (χ2v) is 6.69. The molecule has 2 aromatic heterocycles. The molecule has 0 aliphatic heterocycles. The molecule has 0 radical (unpaired) electrons. The molecule has 0 spiro atoms. The van der Waals surface area contributed by atoms with E-state index in [1.807, 2.05) is 49.5 Å². The normalized spacial score (nSPS) is 11.5. The number of rotatable bonds is 11. The number of H-pyrrole nitrogens is 1. The van der Waals surface area contributed by atoms with Crippen molar-refractivity contribution in [3.63, 3.8) is 0 Å². The zero-order chi connectivity index (χ0) is 21.2. The van der Waals surface area contributed by atoms with Crippen LogP contribution >= 0.6 is 0 Å². The van der Waals surface area contributed by atoms with Gasteiger partial charge < -0.3 is 14.9 Å². The highest BCUT2D eigenvalue weighted by Crippen LogP contribution is 2.11. The van der Waals surface area contributed by atoms with Crippen LogP contribution in [0, 0.1) is 0 Å². The Balaban J connectivity index is 1.59. The lowest BCUT2D eigenvalue weighted by Crippen LogP contribution is -2.23. The predicted molar refractivity (Wildman–Crippen MR) is 113 cm³/mol. The molecule has 1 aromatic carbocycles. The van der Waals surface area contributed by atoms with E-state index >= 15 is 0 Å². The Hall–Kier alpha value is -3.46. The lowest BCUT2D eigenvalue weighted by Gasteiger charge is -2.13. The molecule has 0 unspecified atom stereocenters. The van der Waals surface area contributed by atoms with Crippen LogP contribution in [-0.4, -0.2) is 45.3 Å². The molecule has 0 bridgehead atoms. The Morgan fingerprint density at radius 1 is 1.17 bits per heavy atom. The quantitative estimate of drug-likeness (QED) is 0.287. The van der Waals surface area contributed by atoms with Crippen LogP contribution < -0.4 is 5.32 Å². The predicted octanol–water partition coefficient (Wildman–Crippen LogP) is 2.87. The average molecular weight is 410 g/mol. The fraction of sp³-hybridized carbons (Fsp3) is 0.333. The number of anilines is 1. The summed E-state index contributed by atoms with van der Waals surface area (Å²) in [4.78, 5) is 22.0. The van der Waals surface area contributed by atoms with Gasteiger partial charge in [-0.1, -0.05) is 41.6 Å². The number of unbranched alkanes of at least 4 members (excludes halogenated alkanes) is 1. The standard InChI is InChI=1S/C21H26N6O3/c1-27-21(24-26-27)20(16-9-4-3-5-10-16)25-30-15-17-11-8-12-18(22-17)23-19(28)13-6-7-14-29-2/h3-5,8-12,26H,6-7,13-15H2,1-2H3,(H,22,23,28)/b25-20-. The highest BCUT2D eigenvalue weighted by molar-refractivity contribution is 6.10. The molecule has 158 valence electrons. The van der Waals surface area contributed by atoms with Crippen molar-refractivity contribution in [3.8, 4) is 0 Å². The van der Waals surface area contributed by atoms with Crippen LogP contribution in [0.4, 0.5) is 5.82 Å². The molecule has 0 aliphatic rings. The van der Waals surface area contributed by atoms with E-state index in [0.717, 1.165) is 18.4 Å². The third-order valence-corrected chi connectivity index (χ3v) is 4.33. The van der Waals surface area contributed by atoms with Crippen LogP contribution in [0.3, 0.4) is 0 Å². The molecule has 3 rings (SSSR count). The third kappa shape index (κ3) is 6.02. The van der Waals surface area contributed by atoms with Crippen molar-refractivity contribution in [2.24, 2.45) is 12.2 Å². The Morgan fingerprint density at radius 3 is 2.70 bits per heavy atom. The molecule has 0 aliphatic carbocycles. The van der Waals surface area contributed by atoms with E-state index in [4.69, 9.17) is 9.57 Å². The van der Waals surface area contributed by atoms with Gasteiger partial charge in [0, 0.05) is 32.7 Å². The van der Waals surface area contributed by atoms with Crippen LogP contribution in [0.5, 0.6) is 0 Å². The zero-order valence-corrected chi connectivity index (χ0v) is 17.2. The fourth-order valence-electron chi connectivity index (χ4n) is 2.76. The van der Waals surface area contributed by atoms with Crippen LogP contribution in [0.25, 0.3) is 0 Å². The van der Waals surface area contributed by atoms with E-state index in [0.29, 0.717) is 36.1 Å². The molecule has 0 atom stereocenters. The summed E-state index contributed by atoms with van der Waals surface area (Å²) in [5.41, 5.74) is 2.18. The topological polar surface area (TPSA) is 106 Å². The largest absolute Gasteiger partial charge is 0.389 e. The number of methoxy groups -OCH3 is 1. The second-order valence-electron chi connectivity index (χ2n) is 6.69. The van der Waals surface area contributed by atoms with E-state index in [-0.39, 0.29) is 12.5 Å². The maximum absolute atomic E-state index is 12.0. The maximum Gasteiger partial charge on any atom is 0.225 e. The number of aromatic amines is 1. The first-order valence-corrected chi connectivity index (χ1v) is 9.75. The second kappa shape index (κ2) is 10.9. The fourth-order valence-corrected chi connectivity index (χ4v) is 2.76. The number of aromatic nitrogens is 4. The molecule has 2 N–H and O–H groups in total. The SMILES string of the molecule is COCCCCC(=O)Nc1cccc(CO/N=C(/c2ccccc2)c2n[nH]n2C)n1. The van der Waals surface area contributed by atoms with Gasteiger partial charge in [0.25, 0.3) is 0 Å². The smallest absolute Gasteiger partial charge is 0.225 e. The molecule has 9 heteroatoms. The molecule has 30 heavy (non-hydrogen) atoms. The number of carbonyl (C=O) groups excluding carboxylic acids is 1. The number of pyridine rings is 1. The van der Waals surface area contributed by atoms with Crippen LogP contribution in [-0.2, 0) is 28.0 Å². The summed E-state index contributed by atoms with van der Waals surface area (Å²) in [6, 6.07) is 15.1. The van der Waals surface area contributed by atoms with E-state index in [9.17, 15) is 4.79 Å². The molecular formula is C21H26N6O3. The van der Waals surface area contributed by atoms with Gasteiger partial charge in [-0.25, -0.2) is 10.2 Å². The van der Waals surface area contributed by atoms with Crippen molar-refractivity contribution in [2.45, 2.75) is 25.9 Å². The van der Waals surface area contributed by atoms with Gasteiger partial charge in [0.2, 0.25) is 5.91 Å². The first-order chi connectivity index (χ1) is 14.7. The van der Waals surface area contributed by atoms with Gasteiger partial charge in [-0.15, -0.1) is 5.10 Å². The van der Waals surface area contributed by atoms with Gasteiger partial charge in [0.15, 0.2) is 18.1 Å². The minimum atomic E-state index is -0.0698. The third-order valence-electron chi connectivity index (χ3n) is 4.33. The van der Waals surface area contributed by atoms with Gasteiger partial charge in [-0.3, -0.25) is 9.48 Å². The Morgan fingerprint density at radius 2 is 2.00 bits per heavy atom. The molecule has 9 nitrogen and oxygen atoms in total. The van der Waals surface area contributed by atoms with Crippen LogP contribution in [0.2, 0.25) is 0 Å². The number of ether oxygens (including phenoxy) is 1. The molecule has 0 saturated carbocycles. The number of amides is 1. The molecule has 0 saturated heterocycles. The molecule has 3 aromatic rings. The minimum Gasteiger partial charge on any atom is -0.389 e. The number of oxime groups is 1. The van der Waals surface area contributed by atoms with Crippen molar-refractivity contribution in [1.29, 1.82) is 0 Å². The van der Waals surface area contributed by atoms with Gasteiger partial charge in [0.1, 0.15) is 5.82 Å². The maximum atomic E-state index is 12.0. The van der Waals surface area contributed by atoms with Crippen molar-refractivity contribution in [2.75, 3.05) is 19.0 Å². The van der Waals surface area contributed by atoms with E-state index < -0.39 is 0 Å². The monoisotopic (exact) mass is 410 g/mol. The summed E-state index contributed by atoms with van der Waals surface area (Å²) in [6.07, 6.45) is 2.05. The van der Waals surface area contributed by atoms with Gasteiger partial charge in [0.05, 0.1) is 5.69 Å². The highest BCUT2D eigenvalue weighted by atomic mass is 16.6. The molecule has 0 fully saturated rings. The average Bonchev–Trinajstić information content (AvgIpc) is 2.76. The number of hydrogen-bond donors (Lipinski definition) is 2. The molecule has 1 amide bonds. The molecular weight excluding hydrogens is 384 g/mol. The summed E-state index contributed by atoms with van der Waals surface area (Å²) in [5, 5.41) is 14.0. The number of aryl methyl sites for hydroxylation is 1. The summed E-state index contributed by atoms with van der Waals surface area (Å²) in [6.45, 7) is 0.820. The van der Waals surface area contributed by atoms with E-state index in [1.165, 1.54) is 0 Å². The first-order valence-electron chi connectivity index (χ1n) is 9.75. The summed E-state index contributed by atoms with van der Waals surface area (Å²) < 4.78 is 6.75. The zero-order valence-electron chi connectivity index (χ0n) is 17.2. The van der Waals surface area contributed by atoms with Crippen molar-refractivity contribution in [1.82, 2.24) is 20.0 Å². The molecule has 2 heterocycles. The lowest BCUT2D eigenvalue weighted by molar-refractivity contribution is -0.116. The van der Waals surface area contributed by atoms with Gasteiger partial charge >= 0.3 is 0 Å². The Kier molecular flexibility index (Phi) is 7.73. The summed E-state index contributed by atoms with van der Waals surface area (Å²) in [7, 11) is 3.50. The number of carbonyl (C=O) groups is 1. The summed E-state index contributed by atoms with van der Waals surface area (Å²) >= 11 is 0. The van der Waals surface area contributed by atoms with Crippen LogP contribution in [0.15, 0.2) is 53.7 Å². The first kappa shape index (κ1) is 21.3. The number of nitrogens with one attached hydrogen (secondary N) is 2. The number of nitrogens with zero attached hydrogens (tertiary/aromatic N) is 4. The van der Waals surface area contributed by atoms with Crippen molar-refractivity contribution >= 4 is 17.4 Å². The minimum absolute atomic E-state index is 0.0698. The van der Waals surface area contributed by atoms with E-state index in [1.54, 1.807) is 17.9 Å². The number of hydrogen-bond acceptors (Lipinski definition) is 6. The highest BCUT2D eigenvalue weighted by Gasteiger charge is 2.15. The number of benzene rings is 1. The Bertz CT molecular complexity index is 964.